The lowest BCUT2D eigenvalue weighted by Crippen LogP contribution is -2.46. The average molecular weight is 481 g/mol. The van der Waals surface area contributed by atoms with Gasteiger partial charge in [0.15, 0.2) is 5.96 Å². The number of halogens is 1. The quantitative estimate of drug-likeness (QED) is 0.539. The fourth-order valence-electron chi connectivity index (χ4n) is 4.96. The van der Waals surface area contributed by atoms with Gasteiger partial charge in [0.2, 0.25) is 0 Å². The van der Waals surface area contributed by atoms with E-state index in [1.807, 2.05) is 19.1 Å². The molecule has 1 atom stereocenters. The molecule has 0 saturated carbocycles. The summed E-state index contributed by atoms with van der Waals surface area (Å²) in [6.45, 7) is 10.6. The van der Waals surface area contributed by atoms with Crippen molar-refractivity contribution in [3.63, 3.8) is 0 Å². The van der Waals surface area contributed by atoms with Crippen molar-refractivity contribution >= 4 is 17.8 Å². The van der Waals surface area contributed by atoms with Crippen LogP contribution in [0.25, 0.3) is 0 Å². The van der Waals surface area contributed by atoms with E-state index in [4.69, 9.17) is 10.7 Å². The highest BCUT2D eigenvalue weighted by molar-refractivity contribution is 6.07. The Labute approximate surface area is 208 Å². The van der Waals surface area contributed by atoms with Crippen LogP contribution < -0.4 is 5.73 Å². The van der Waals surface area contributed by atoms with Gasteiger partial charge in [-0.2, -0.15) is 0 Å². The first-order valence-corrected chi connectivity index (χ1v) is 12.2. The molecule has 0 spiro atoms. The molecule has 0 fully saturated rings. The number of carbonyl (C=O) groups excluding carboxylic acids is 2. The van der Waals surface area contributed by atoms with Crippen LogP contribution in [-0.2, 0) is 11.3 Å². The molecule has 0 bridgehead atoms. The summed E-state index contributed by atoms with van der Waals surface area (Å²) in [6.07, 6.45) is 1.28. The van der Waals surface area contributed by atoms with Gasteiger partial charge in [-0.15, -0.1) is 0 Å². The van der Waals surface area contributed by atoms with Crippen molar-refractivity contribution < 1.29 is 14.0 Å². The van der Waals surface area contributed by atoms with Crippen LogP contribution in [-0.4, -0.2) is 40.2 Å². The maximum Gasteiger partial charge on any atom is 0.257 e. The minimum atomic E-state index is -0.844. The SMILES string of the molecule is CC(C)CC1(CC(C)C)N=C(N)N(C(C)c2cccc(C(=O)N(C)Cc3ccc(F)cc3)c2)C1=O. The van der Waals surface area contributed by atoms with E-state index in [1.165, 1.54) is 12.1 Å². The molecule has 6 nitrogen and oxygen atoms in total. The Morgan fingerprint density at radius 3 is 2.23 bits per heavy atom. The van der Waals surface area contributed by atoms with E-state index in [9.17, 15) is 14.0 Å². The molecule has 2 aromatic rings. The first-order valence-electron chi connectivity index (χ1n) is 12.2. The highest BCUT2D eigenvalue weighted by Crippen LogP contribution is 2.38. The zero-order valence-corrected chi connectivity index (χ0v) is 21.6. The number of amides is 2. The minimum Gasteiger partial charge on any atom is -0.369 e. The van der Waals surface area contributed by atoms with E-state index in [1.54, 1.807) is 41.1 Å². The van der Waals surface area contributed by atoms with Crippen LogP contribution in [0.3, 0.4) is 0 Å². The number of nitrogens with zero attached hydrogens (tertiary/aromatic N) is 3. The summed E-state index contributed by atoms with van der Waals surface area (Å²) in [5, 5.41) is 0. The van der Waals surface area contributed by atoms with Crippen LogP contribution in [0.15, 0.2) is 53.5 Å². The van der Waals surface area contributed by atoms with Crippen LogP contribution in [0.4, 0.5) is 4.39 Å². The number of hydrogen-bond donors (Lipinski definition) is 1. The summed E-state index contributed by atoms with van der Waals surface area (Å²) in [5.74, 6) is 0.273. The Hall–Kier alpha value is -3.22. The van der Waals surface area contributed by atoms with Crippen molar-refractivity contribution in [3.8, 4) is 0 Å². The van der Waals surface area contributed by atoms with Crippen LogP contribution >= 0.6 is 0 Å². The molecule has 2 aromatic carbocycles. The van der Waals surface area contributed by atoms with E-state index in [0.29, 0.717) is 36.8 Å². The molecule has 7 heteroatoms. The molecule has 1 aliphatic rings. The third-order valence-corrected chi connectivity index (χ3v) is 6.37. The molecular weight excluding hydrogens is 443 g/mol. The molecule has 0 aromatic heterocycles. The maximum absolute atomic E-state index is 13.7. The number of nitrogens with two attached hydrogens (primary N) is 1. The van der Waals surface area contributed by atoms with Gasteiger partial charge in [0, 0.05) is 19.2 Å². The fraction of sp³-hybridized carbons (Fsp3) is 0.464. The summed E-state index contributed by atoms with van der Waals surface area (Å²) >= 11 is 0. The Morgan fingerprint density at radius 1 is 1.06 bits per heavy atom. The highest BCUT2D eigenvalue weighted by Gasteiger charge is 2.49. The third-order valence-electron chi connectivity index (χ3n) is 6.37. The second kappa shape index (κ2) is 10.6. The number of rotatable bonds is 9. The van der Waals surface area contributed by atoms with Gasteiger partial charge in [-0.1, -0.05) is 52.0 Å². The van der Waals surface area contributed by atoms with E-state index < -0.39 is 5.54 Å². The van der Waals surface area contributed by atoms with E-state index in [-0.39, 0.29) is 29.6 Å². The van der Waals surface area contributed by atoms with Crippen molar-refractivity contribution in [3.05, 3.63) is 71.0 Å². The summed E-state index contributed by atoms with van der Waals surface area (Å²) in [5.41, 5.74) is 7.64. The molecule has 188 valence electrons. The van der Waals surface area contributed by atoms with E-state index in [0.717, 1.165) is 11.1 Å². The predicted molar refractivity (Wildman–Crippen MR) is 137 cm³/mol. The summed E-state index contributed by atoms with van der Waals surface area (Å²) in [6, 6.07) is 13.0. The zero-order chi connectivity index (χ0) is 25.9. The van der Waals surface area contributed by atoms with Crippen LogP contribution in [0, 0.1) is 17.7 Å². The Bertz CT molecular complexity index is 1080. The first-order chi connectivity index (χ1) is 16.4. The molecule has 2 N–H and O–H groups in total. The lowest BCUT2D eigenvalue weighted by molar-refractivity contribution is -0.133. The lowest BCUT2D eigenvalue weighted by atomic mass is 9.81. The zero-order valence-electron chi connectivity index (χ0n) is 21.6. The van der Waals surface area contributed by atoms with Gasteiger partial charge in [0.1, 0.15) is 11.4 Å². The second-order valence-electron chi connectivity index (χ2n) is 10.5. The average Bonchev–Trinajstić information content (AvgIpc) is 3.01. The Balaban J connectivity index is 1.82. The van der Waals surface area contributed by atoms with Crippen molar-refractivity contribution in [2.45, 2.75) is 65.6 Å². The van der Waals surface area contributed by atoms with Gasteiger partial charge in [0.05, 0.1) is 6.04 Å². The van der Waals surface area contributed by atoms with Crippen molar-refractivity contribution in [2.24, 2.45) is 22.6 Å². The number of hydrogen-bond acceptors (Lipinski definition) is 4. The molecule has 0 aliphatic carbocycles. The topological polar surface area (TPSA) is 79.0 Å². The minimum absolute atomic E-state index is 0.0740. The smallest absolute Gasteiger partial charge is 0.257 e. The predicted octanol–water partition coefficient (Wildman–Crippen LogP) is 5.15. The van der Waals surface area contributed by atoms with Crippen molar-refractivity contribution in [2.75, 3.05) is 7.05 Å². The van der Waals surface area contributed by atoms with Crippen LogP contribution in [0.2, 0.25) is 0 Å². The van der Waals surface area contributed by atoms with Gasteiger partial charge < -0.3 is 10.6 Å². The molecule has 0 saturated heterocycles. The molecule has 2 amide bonds. The molecule has 1 unspecified atom stereocenters. The first kappa shape index (κ1) is 26.4. The molecule has 35 heavy (non-hydrogen) atoms. The second-order valence-corrected chi connectivity index (χ2v) is 10.5. The van der Waals surface area contributed by atoms with Crippen LogP contribution in [0.5, 0.6) is 0 Å². The number of aliphatic imine (C=N–C) groups is 1. The van der Waals surface area contributed by atoms with Gasteiger partial charge in [0.25, 0.3) is 11.8 Å². The maximum atomic E-state index is 13.7. The van der Waals surface area contributed by atoms with Gasteiger partial charge in [-0.25, -0.2) is 9.38 Å². The largest absolute Gasteiger partial charge is 0.369 e. The van der Waals surface area contributed by atoms with Crippen molar-refractivity contribution in [1.29, 1.82) is 0 Å². The Kier molecular flexibility index (Phi) is 7.98. The monoisotopic (exact) mass is 480 g/mol. The molecule has 1 aliphatic heterocycles. The highest BCUT2D eigenvalue weighted by atomic mass is 19.1. The standard InChI is InChI=1S/C28H37FN4O2/c1-18(2)15-28(16-19(3)4)26(35)33(27(30)31-28)20(5)22-8-7-9-23(14-22)25(34)32(6)17-21-10-12-24(29)13-11-21/h7-14,18-20H,15-17H2,1-6H3,(H2,30,31). The molecule has 0 radical (unpaired) electrons. The van der Waals surface area contributed by atoms with Crippen LogP contribution in [0.1, 0.15) is 75.0 Å². The van der Waals surface area contributed by atoms with Gasteiger partial charge in [-0.3, -0.25) is 14.5 Å². The molecular formula is C28H37FN4O2. The lowest BCUT2D eigenvalue weighted by Gasteiger charge is -2.31. The van der Waals surface area contributed by atoms with E-state index >= 15 is 0 Å². The van der Waals surface area contributed by atoms with Gasteiger partial charge >= 0.3 is 0 Å². The number of carbonyl (C=O) groups is 2. The summed E-state index contributed by atoms with van der Waals surface area (Å²) in [4.78, 5) is 34.7. The van der Waals surface area contributed by atoms with E-state index in [2.05, 4.69) is 27.7 Å². The molecule has 1 heterocycles. The molecule has 3 rings (SSSR count). The fourth-order valence-corrected chi connectivity index (χ4v) is 4.96. The normalized spacial score (nSPS) is 16.1. The Morgan fingerprint density at radius 2 is 1.66 bits per heavy atom. The number of benzene rings is 2. The van der Waals surface area contributed by atoms with Crippen molar-refractivity contribution in [1.82, 2.24) is 9.80 Å². The van der Waals surface area contributed by atoms with Gasteiger partial charge in [-0.05, 0) is 67.0 Å². The third kappa shape index (κ3) is 5.89. The summed E-state index contributed by atoms with van der Waals surface area (Å²) < 4.78 is 13.2. The number of guanidine groups is 1. The summed E-state index contributed by atoms with van der Waals surface area (Å²) in [7, 11) is 1.71.